The van der Waals surface area contributed by atoms with E-state index >= 15 is 0 Å². The molecule has 0 saturated heterocycles. The summed E-state index contributed by atoms with van der Waals surface area (Å²) in [6.07, 6.45) is 0. The highest BCUT2D eigenvalue weighted by Crippen LogP contribution is 2.35. The maximum Gasteiger partial charge on any atom is 0.237 e. The summed E-state index contributed by atoms with van der Waals surface area (Å²) >= 11 is 0. The Morgan fingerprint density at radius 1 is 1.47 bits per heavy atom. The lowest BCUT2D eigenvalue weighted by Crippen LogP contribution is -2.13. The zero-order valence-corrected chi connectivity index (χ0v) is 7.74. The first-order valence-electron chi connectivity index (χ1n) is 4.37. The average molecular weight is 197 g/mol. The van der Waals surface area contributed by atoms with Gasteiger partial charge in [-0.05, 0) is 17.5 Å². The van der Waals surface area contributed by atoms with Crippen LogP contribution in [0.1, 0.15) is 11.5 Å². The van der Waals surface area contributed by atoms with Crippen LogP contribution in [-0.2, 0) is 4.79 Å². The maximum absolute atomic E-state index is 11.6. The second-order valence-electron chi connectivity index (χ2n) is 3.16. The first kappa shape index (κ1) is 9.20. The van der Waals surface area contributed by atoms with Crippen LogP contribution in [0, 0.1) is 16.7 Å². The molecule has 1 atom stereocenters. The van der Waals surface area contributed by atoms with Crippen LogP contribution in [0.3, 0.4) is 0 Å². The highest BCUT2D eigenvalue weighted by molar-refractivity contribution is 6.06. The van der Waals surface area contributed by atoms with Gasteiger partial charge in [-0.25, -0.2) is 0 Å². The average Bonchev–Trinajstić information content (AvgIpc) is 2.58. The minimum Gasteiger partial charge on any atom is -0.325 e. The third kappa shape index (κ3) is 1.32. The zero-order valence-electron chi connectivity index (χ0n) is 7.74. The van der Waals surface area contributed by atoms with Crippen molar-refractivity contribution in [1.29, 1.82) is 10.7 Å². The molecule has 4 nitrogen and oxygen atoms in total. The lowest BCUT2D eigenvalue weighted by Gasteiger charge is -2.03. The van der Waals surface area contributed by atoms with E-state index in [0.717, 1.165) is 5.56 Å². The number of fused-ring (bicyclic) bond motifs is 1. The number of carbonyl (C=O) groups is 1. The first-order chi connectivity index (χ1) is 7.27. The molecule has 0 aliphatic carbocycles. The summed E-state index contributed by atoms with van der Waals surface area (Å²) in [5.74, 6) is 1.06. The Hall–Kier alpha value is -2.37. The van der Waals surface area contributed by atoms with Crippen molar-refractivity contribution in [2.75, 3.05) is 5.32 Å². The molecule has 2 N–H and O–H groups in total. The Morgan fingerprint density at radius 2 is 2.20 bits per heavy atom. The van der Waals surface area contributed by atoms with Crippen molar-refractivity contribution in [3.8, 4) is 6.07 Å². The fourth-order valence-electron chi connectivity index (χ4n) is 1.66. The number of nitriles is 1. The molecule has 72 valence electrons. The van der Waals surface area contributed by atoms with Crippen LogP contribution < -0.4 is 5.32 Å². The van der Waals surface area contributed by atoms with Crippen LogP contribution in [0.2, 0.25) is 0 Å². The second-order valence-corrected chi connectivity index (χ2v) is 3.16. The normalized spacial score (nSPS) is 17.3. The molecular formula is C11H7N3O. The Balaban J connectivity index is 2.57. The summed E-state index contributed by atoms with van der Waals surface area (Å²) in [4.78, 5) is 11.6. The van der Waals surface area contributed by atoms with Crippen molar-refractivity contribution in [1.82, 2.24) is 0 Å². The molecular weight excluding hydrogens is 190 g/mol. The van der Waals surface area contributed by atoms with Gasteiger partial charge in [0.25, 0.3) is 0 Å². The summed E-state index contributed by atoms with van der Waals surface area (Å²) in [7, 11) is 0. The molecule has 1 aliphatic heterocycles. The van der Waals surface area contributed by atoms with Crippen molar-refractivity contribution in [2.24, 2.45) is 0 Å². The van der Waals surface area contributed by atoms with Crippen LogP contribution >= 0.6 is 0 Å². The van der Waals surface area contributed by atoms with E-state index in [9.17, 15) is 4.79 Å². The summed E-state index contributed by atoms with van der Waals surface area (Å²) in [5.41, 5.74) is 1.48. The monoisotopic (exact) mass is 197 g/mol. The van der Waals surface area contributed by atoms with Crippen molar-refractivity contribution < 1.29 is 4.79 Å². The second kappa shape index (κ2) is 3.41. The molecule has 1 unspecified atom stereocenters. The fraction of sp³-hybridized carbons (Fsp3) is 0.0909. The minimum absolute atomic E-state index is 0.0393. The molecule has 1 aromatic rings. The quantitative estimate of drug-likeness (QED) is 0.527. The topological polar surface area (TPSA) is 76.7 Å². The van der Waals surface area contributed by atoms with E-state index in [4.69, 9.17) is 10.7 Å². The molecule has 0 bridgehead atoms. The number of hydrogen-bond donors (Lipinski definition) is 2. The Bertz CT molecular complexity index is 521. The van der Waals surface area contributed by atoms with Gasteiger partial charge in [-0.1, -0.05) is 18.2 Å². The number of carbonyl (C=O) groups excluding carboxylic acids is 1. The molecule has 1 aliphatic rings. The summed E-state index contributed by atoms with van der Waals surface area (Å²) in [6, 6.07) is 8.97. The van der Waals surface area contributed by atoms with Gasteiger partial charge in [0.05, 0.1) is 0 Å². The lowest BCUT2D eigenvalue weighted by molar-refractivity contribution is -0.116. The van der Waals surface area contributed by atoms with E-state index in [1.54, 1.807) is 18.2 Å². The number of amides is 1. The highest BCUT2D eigenvalue weighted by Gasteiger charge is 2.33. The summed E-state index contributed by atoms with van der Waals surface area (Å²) < 4.78 is 0. The Morgan fingerprint density at radius 3 is 2.87 bits per heavy atom. The number of para-hydroxylation sites is 1. The van der Waals surface area contributed by atoms with Gasteiger partial charge in [-0.15, -0.1) is 0 Å². The van der Waals surface area contributed by atoms with Gasteiger partial charge in [0.15, 0.2) is 0 Å². The molecule has 0 spiro atoms. The molecule has 1 heterocycles. The minimum atomic E-state index is -0.677. The third-order valence-electron chi connectivity index (χ3n) is 2.34. The summed E-state index contributed by atoms with van der Waals surface area (Å²) in [5, 5.41) is 18.4. The van der Waals surface area contributed by atoms with Crippen molar-refractivity contribution >= 4 is 17.5 Å². The third-order valence-corrected chi connectivity index (χ3v) is 2.34. The maximum atomic E-state index is 11.6. The van der Waals surface area contributed by atoms with E-state index in [1.807, 2.05) is 18.0 Å². The highest BCUT2D eigenvalue weighted by atomic mass is 16.2. The van der Waals surface area contributed by atoms with Crippen molar-refractivity contribution in [3.63, 3.8) is 0 Å². The van der Waals surface area contributed by atoms with E-state index in [2.05, 4.69) is 5.32 Å². The van der Waals surface area contributed by atoms with Crippen LogP contribution in [0.4, 0.5) is 5.69 Å². The number of rotatable bonds is 1. The first-order valence-corrected chi connectivity index (χ1v) is 4.37. The van der Waals surface area contributed by atoms with Crippen molar-refractivity contribution in [3.05, 3.63) is 35.4 Å². The number of nitrogens with one attached hydrogen (secondary N) is 2. The van der Waals surface area contributed by atoms with E-state index < -0.39 is 5.92 Å². The van der Waals surface area contributed by atoms with Gasteiger partial charge in [0, 0.05) is 5.69 Å². The van der Waals surface area contributed by atoms with Crippen molar-refractivity contribution in [2.45, 2.75) is 5.92 Å². The molecule has 4 heteroatoms. The predicted octanol–water partition coefficient (Wildman–Crippen LogP) is 1.42. The molecule has 0 aromatic heterocycles. The molecule has 0 fully saturated rings. The SMILES string of the molecule is N#CC(=C=N)C1C(=O)Nc2ccccc21. The molecule has 0 radical (unpaired) electrons. The number of benzene rings is 1. The standard InChI is InChI=1S/C11H7N3O/c12-5-7(6-13)10-8-3-1-2-4-9(8)14-11(10)15/h1-4,10,12H,(H,14,15). The zero-order chi connectivity index (χ0) is 10.8. The molecule has 0 saturated carbocycles. The number of nitrogens with zero attached hydrogens (tertiary/aromatic N) is 1. The summed E-state index contributed by atoms with van der Waals surface area (Å²) in [6.45, 7) is 0. The van der Waals surface area contributed by atoms with Gasteiger partial charge in [-0.3, -0.25) is 10.2 Å². The smallest absolute Gasteiger partial charge is 0.237 e. The molecule has 1 aromatic carbocycles. The van der Waals surface area contributed by atoms with Crippen LogP contribution in [0.5, 0.6) is 0 Å². The van der Waals surface area contributed by atoms with Gasteiger partial charge in [0.1, 0.15) is 17.6 Å². The molecule has 1 amide bonds. The van der Waals surface area contributed by atoms with Gasteiger partial charge >= 0.3 is 0 Å². The van der Waals surface area contributed by atoms with E-state index in [1.165, 1.54) is 0 Å². The van der Waals surface area contributed by atoms with Gasteiger partial charge < -0.3 is 5.32 Å². The Labute approximate surface area is 86.3 Å². The lowest BCUT2D eigenvalue weighted by atomic mass is 9.94. The molecule has 15 heavy (non-hydrogen) atoms. The van der Waals surface area contributed by atoms with Gasteiger partial charge in [0.2, 0.25) is 5.91 Å². The number of hydrogen-bond acceptors (Lipinski definition) is 3. The van der Waals surface area contributed by atoms with Crippen LogP contribution in [0.25, 0.3) is 0 Å². The fourth-order valence-corrected chi connectivity index (χ4v) is 1.66. The van der Waals surface area contributed by atoms with Gasteiger partial charge in [-0.2, -0.15) is 5.26 Å². The molecule has 2 rings (SSSR count). The van der Waals surface area contributed by atoms with Crippen LogP contribution in [0.15, 0.2) is 29.8 Å². The number of anilines is 1. The predicted molar refractivity (Wildman–Crippen MR) is 54.7 cm³/mol. The largest absolute Gasteiger partial charge is 0.325 e. The van der Waals surface area contributed by atoms with E-state index in [0.29, 0.717) is 5.69 Å². The Kier molecular flexibility index (Phi) is 2.09. The van der Waals surface area contributed by atoms with E-state index in [-0.39, 0.29) is 11.5 Å². The van der Waals surface area contributed by atoms with Crippen LogP contribution in [-0.4, -0.2) is 11.8 Å².